The molecule has 0 spiro atoms. The van der Waals surface area contributed by atoms with Crippen molar-refractivity contribution in [2.45, 2.75) is 0 Å². The highest BCUT2D eigenvalue weighted by atomic mass is 16.2. The average molecular weight is 336 g/mol. The summed E-state index contributed by atoms with van der Waals surface area (Å²) in [7, 11) is 7.37. The molecule has 0 saturated heterocycles. The van der Waals surface area contributed by atoms with Crippen LogP contribution in [-0.4, -0.2) is 46.8 Å². The van der Waals surface area contributed by atoms with Gasteiger partial charge in [0.15, 0.2) is 11.6 Å². The molecule has 2 heterocycles. The van der Waals surface area contributed by atoms with Crippen LogP contribution in [0.15, 0.2) is 48.9 Å². The van der Waals surface area contributed by atoms with Gasteiger partial charge in [-0.05, 0) is 24.3 Å². The Hall–Kier alpha value is -3.22. The number of rotatable bonds is 4. The number of carbonyl (C=O) groups excluding carboxylic acids is 1. The minimum atomic E-state index is -0.100. The fourth-order valence-corrected chi connectivity index (χ4v) is 2.53. The van der Waals surface area contributed by atoms with Crippen molar-refractivity contribution in [2.24, 2.45) is 7.05 Å². The molecular weight excluding hydrogens is 316 g/mol. The van der Waals surface area contributed by atoms with Gasteiger partial charge in [-0.15, -0.1) is 0 Å². The van der Waals surface area contributed by atoms with Crippen molar-refractivity contribution in [2.75, 3.05) is 30.9 Å². The van der Waals surface area contributed by atoms with E-state index >= 15 is 0 Å². The van der Waals surface area contributed by atoms with Crippen molar-refractivity contribution >= 4 is 17.4 Å². The van der Waals surface area contributed by atoms with Crippen molar-refractivity contribution in [3.8, 4) is 11.4 Å². The fourth-order valence-electron chi connectivity index (χ4n) is 2.53. The molecule has 0 radical (unpaired) electrons. The quantitative estimate of drug-likeness (QED) is 0.731. The topological polar surface area (TPSA) is 67.2 Å². The SMILES string of the molecule is CN(C)c1ncccc1N(C)C(=O)c1ccc(-c2ncn(C)n2)cc1. The second kappa shape index (κ2) is 6.72. The molecule has 3 rings (SSSR count). The maximum atomic E-state index is 12.8. The van der Waals surface area contributed by atoms with E-state index in [1.165, 1.54) is 0 Å². The van der Waals surface area contributed by atoms with Gasteiger partial charge in [-0.2, -0.15) is 5.10 Å². The molecule has 0 unspecified atom stereocenters. The summed E-state index contributed by atoms with van der Waals surface area (Å²) < 4.78 is 1.65. The molecule has 1 aromatic carbocycles. The van der Waals surface area contributed by atoms with E-state index in [0.717, 1.165) is 17.1 Å². The number of carbonyl (C=O) groups is 1. The molecule has 7 nitrogen and oxygen atoms in total. The molecule has 0 bridgehead atoms. The van der Waals surface area contributed by atoms with Gasteiger partial charge >= 0.3 is 0 Å². The van der Waals surface area contributed by atoms with Crippen molar-refractivity contribution < 1.29 is 4.79 Å². The fraction of sp³-hybridized carbons (Fsp3) is 0.222. The first kappa shape index (κ1) is 16.6. The molecule has 1 amide bonds. The third-order valence-electron chi connectivity index (χ3n) is 3.85. The Morgan fingerprint density at radius 3 is 2.36 bits per heavy atom. The van der Waals surface area contributed by atoms with E-state index in [1.54, 1.807) is 41.3 Å². The summed E-state index contributed by atoms with van der Waals surface area (Å²) in [6.07, 6.45) is 3.36. The van der Waals surface area contributed by atoms with Gasteiger partial charge in [-0.3, -0.25) is 9.48 Å². The smallest absolute Gasteiger partial charge is 0.258 e. The minimum absolute atomic E-state index is 0.100. The summed E-state index contributed by atoms with van der Waals surface area (Å²) >= 11 is 0. The summed E-state index contributed by atoms with van der Waals surface area (Å²) in [6.45, 7) is 0. The Bertz CT molecular complexity index is 885. The van der Waals surface area contributed by atoms with E-state index in [4.69, 9.17) is 0 Å². The number of hydrogen-bond acceptors (Lipinski definition) is 5. The van der Waals surface area contributed by atoms with Gasteiger partial charge in [0.25, 0.3) is 5.91 Å². The standard InChI is InChI=1S/C18H20N6O/c1-22(2)17-15(6-5-11-19-17)24(4)18(25)14-9-7-13(8-10-14)16-20-12-23(3)21-16/h5-12H,1-4H3. The van der Waals surface area contributed by atoms with Gasteiger partial charge in [-0.1, -0.05) is 12.1 Å². The van der Waals surface area contributed by atoms with Crippen LogP contribution >= 0.6 is 0 Å². The number of aromatic nitrogens is 4. The largest absolute Gasteiger partial charge is 0.361 e. The molecule has 25 heavy (non-hydrogen) atoms. The van der Waals surface area contributed by atoms with Crippen LogP contribution in [0.4, 0.5) is 11.5 Å². The van der Waals surface area contributed by atoms with Crippen LogP contribution in [0.1, 0.15) is 10.4 Å². The number of pyridine rings is 1. The summed E-state index contributed by atoms with van der Waals surface area (Å²) in [5, 5.41) is 4.27. The molecule has 7 heteroatoms. The molecule has 0 N–H and O–H groups in total. The highest BCUT2D eigenvalue weighted by Gasteiger charge is 2.18. The molecule has 0 saturated carbocycles. The highest BCUT2D eigenvalue weighted by molar-refractivity contribution is 6.07. The van der Waals surface area contributed by atoms with Crippen LogP contribution in [0.2, 0.25) is 0 Å². The Labute approximate surface area is 146 Å². The Balaban J connectivity index is 1.86. The van der Waals surface area contributed by atoms with Gasteiger partial charge < -0.3 is 9.80 Å². The molecular formula is C18H20N6O. The predicted molar refractivity (Wildman–Crippen MR) is 97.7 cm³/mol. The second-order valence-electron chi connectivity index (χ2n) is 5.92. The van der Waals surface area contributed by atoms with Crippen LogP contribution in [0.25, 0.3) is 11.4 Å². The third kappa shape index (κ3) is 3.35. The number of benzene rings is 1. The first-order valence-corrected chi connectivity index (χ1v) is 7.84. The Morgan fingerprint density at radius 2 is 1.76 bits per heavy atom. The first-order valence-electron chi connectivity index (χ1n) is 7.84. The second-order valence-corrected chi connectivity index (χ2v) is 5.92. The van der Waals surface area contributed by atoms with Crippen LogP contribution in [0, 0.1) is 0 Å². The third-order valence-corrected chi connectivity index (χ3v) is 3.85. The van der Waals surface area contributed by atoms with Crippen LogP contribution in [0.5, 0.6) is 0 Å². The van der Waals surface area contributed by atoms with Gasteiger partial charge in [0.1, 0.15) is 6.33 Å². The number of anilines is 2. The van der Waals surface area contributed by atoms with Gasteiger partial charge in [0.2, 0.25) is 0 Å². The van der Waals surface area contributed by atoms with Gasteiger partial charge in [-0.25, -0.2) is 9.97 Å². The van der Waals surface area contributed by atoms with E-state index < -0.39 is 0 Å². The normalized spacial score (nSPS) is 10.6. The summed E-state index contributed by atoms with van der Waals surface area (Å²) in [4.78, 5) is 24.9. The lowest BCUT2D eigenvalue weighted by molar-refractivity contribution is 0.0993. The maximum absolute atomic E-state index is 12.8. The molecule has 0 atom stereocenters. The molecule has 2 aromatic heterocycles. The molecule has 3 aromatic rings. The lowest BCUT2D eigenvalue weighted by atomic mass is 10.1. The molecule has 0 fully saturated rings. The zero-order chi connectivity index (χ0) is 18.0. The Kier molecular flexibility index (Phi) is 4.47. The number of nitrogens with zero attached hydrogens (tertiary/aromatic N) is 6. The van der Waals surface area contributed by atoms with E-state index in [0.29, 0.717) is 11.4 Å². The predicted octanol–water partition coefficient (Wildman–Crippen LogP) is 2.22. The molecule has 0 aliphatic carbocycles. The van der Waals surface area contributed by atoms with E-state index in [-0.39, 0.29) is 5.91 Å². The van der Waals surface area contributed by atoms with Crippen molar-refractivity contribution in [1.29, 1.82) is 0 Å². The lowest BCUT2D eigenvalue weighted by Crippen LogP contribution is -2.28. The molecule has 0 aliphatic rings. The van der Waals surface area contributed by atoms with Gasteiger partial charge in [0, 0.05) is 45.5 Å². The highest BCUT2D eigenvalue weighted by Crippen LogP contribution is 2.26. The maximum Gasteiger partial charge on any atom is 0.258 e. The van der Waals surface area contributed by atoms with Crippen LogP contribution in [0.3, 0.4) is 0 Å². The summed E-state index contributed by atoms with van der Waals surface area (Å²) in [6, 6.07) is 11.0. The molecule has 0 aliphatic heterocycles. The van der Waals surface area contributed by atoms with E-state index in [2.05, 4.69) is 15.1 Å². The summed E-state index contributed by atoms with van der Waals surface area (Å²) in [5.41, 5.74) is 2.22. The minimum Gasteiger partial charge on any atom is -0.361 e. The molecule has 128 valence electrons. The zero-order valence-electron chi connectivity index (χ0n) is 14.7. The first-order chi connectivity index (χ1) is 12.0. The average Bonchev–Trinajstić information content (AvgIpc) is 3.07. The van der Waals surface area contributed by atoms with Crippen molar-refractivity contribution in [1.82, 2.24) is 19.7 Å². The number of aryl methyl sites for hydroxylation is 1. The van der Waals surface area contributed by atoms with E-state index in [9.17, 15) is 4.79 Å². The summed E-state index contributed by atoms with van der Waals surface area (Å²) in [5.74, 6) is 1.28. The lowest BCUT2D eigenvalue weighted by Gasteiger charge is -2.23. The number of amides is 1. The van der Waals surface area contributed by atoms with E-state index in [1.807, 2.05) is 50.3 Å². The number of hydrogen-bond donors (Lipinski definition) is 0. The van der Waals surface area contributed by atoms with Crippen molar-refractivity contribution in [3.63, 3.8) is 0 Å². The van der Waals surface area contributed by atoms with Crippen LogP contribution in [-0.2, 0) is 7.05 Å². The van der Waals surface area contributed by atoms with Gasteiger partial charge in [0.05, 0.1) is 5.69 Å². The van der Waals surface area contributed by atoms with Crippen molar-refractivity contribution in [3.05, 3.63) is 54.5 Å². The Morgan fingerprint density at radius 1 is 1.04 bits per heavy atom. The zero-order valence-corrected chi connectivity index (χ0v) is 14.7. The van der Waals surface area contributed by atoms with Crippen LogP contribution < -0.4 is 9.80 Å². The monoisotopic (exact) mass is 336 g/mol.